The van der Waals surface area contributed by atoms with Crippen molar-refractivity contribution < 1.29 is 8.42 Å². The summed E-state index contributed by atoms with van der Waals surface area (Å²) in [6.07, 6.45) is 3.07. The van der Waals surface area contributed by atoms with Crippen molar-refractivity contribution in [2.45, 2.75) is 18.7 Å². The summed E-state index contributed by atoms with van der Waals surface area (Å²) in [5.74, 6) is 0.941. The number of benzene rings is 2. The second-order valence-electron chi connectivity index (χ2n) is 7.77. The standard InChI is InChI=1S/C25H21N5O2S2/c1-16-6-8-18(9-7-16)22-17(2)33-25-23(22)24(27-15-28-25)29-19-10-12-20(13-11-19)34(31,32)30-21-5-3-4-14-26-21/h3-15H,1-2H3,(H,26,30)(H,27,28,29). The average molecular weight is 488 g/mol. The lowest BCUT2D eigenvalue weighted by molar-refractivity contribution is 0.601. The van der Waals surface area contributed by atoms with Crippen LogP contribution in [0, 0.1) is 13.8 Å². The van der Waals surface area contributed by atoms with Crippen molar-refractivity contribution >= 4 is 48.9 Å². The van der Waals surface area contributed by atoms with E-state index in [0.29, 0.717) is 5.82 Å². The first-order valence-corrected chi connectivity index (χ1v) is 12.8. The third-order valence-electron chi connectivity index (χ3n) is 5.34. The first kappa shape index (κ1) is 22.0. The summed E-state index contributed by atoms with van der Waals surface area (Å²) in [5.41, 5.74) is 4.12. The molecule has 9 heteroatoms. The van der Waals surface area contributed by atoms with Crippen molar-refractivity contribution in [3.05, 3.63) is 89.7 Å². The fourth-order valence-electron chi connectivity index (χ4n) is 3.68. The van der Waals surface area contributed by atoms with Crippen LogP contribution in [0.1, 0.15) is 10.4 Å². The van der Waals surface area contributed by atoms with Crippen LogP contribution >= 0.6 is 11.3 Å². The lowest BCUT2D eigenvalue weighted by atomic mass is 10.0. The van der Waals surface area contributed by atoms with Crippen LogP contribution in [0.2, 0.25) is 0 Å². The third-order valence-corrected chi connectivity index (χ3v) is 7.72. The number of sulfonamides is 1. The van der Waals surface area contributed by atoms with Crippen molar-refractivity contribution in [3.8, 4) is 11.1 Å². The molecule has 34 heavy (non-hydrogen) atoms. The fraction of sp³-hybridized carbons (Fsp3) is 0.0800. The number of aryl methyl sites for hydroxylation is 2. The van der Waals surface area contributed by atoms with E-state index >= 15 is 0 Å². The lowest BCUT2D eigenvalue weighted by Crippen LogP contribution is -2.13. The van der Waals surface area contributed by atoms with Gasteiger partial charge < -0.3 is 5.32 Å². The molecule has 0 unspecified atom stereocenters. The van der Waals surface area contributed by atoms with Crippen molar-refractivity contribution in [2.24, 2.45) is 0 Å². The minimum atomic E-state index is -3.74. The molecule has 0 aliphatic rings. The van der Waals surface area contributed by atoms with Crippen LogP contribution in [0.25, 0.3) is 21.3 Å². The largest absolute Gasteiger partial charge is 0.340 e. The number of fused-ring (bicyclic) bond motifs is 1. The molecule has 0 radical (unpaired) electrons. The molecule has 3 heterocycles. The molecular formula is C25H21N5O2S2. The Morgan fingerprint density at radius 3 is 2.32 bits per heavy atom. The zero-order chi connectivity index (χ0) is 23.7. The van der Waals surface area contributed by atoms with E-state index in [-0.39, 0.29) is 10.7 Å². The van der Waals surface area contributed by atoms with Gasteiger partial charge in [-0.25, -0.2) is 23.4 Å². The first-order valence-electron chi connectivity index (χ1n) is 10.5. The maximum atomic E-state index is 12.7. The van der Waals surface area contributed by atoms with E-state index in [0.717, 1.165) is 31.9 Å². The van der Waals surface area contributed by atoms with Gasteiger partial charge in [-0.15, -0.1) is 11.3 Å². The monoisotopic (exact) mass is 487 g/mol. The molecule has 0 bridgehead atoms. The number of nitrogens with one attached hydrogen (secondary N) is 2. The normalized spacial score (nSPS) is 11.5. The Labute approximate surface area is 201 Å². The highest BCUT2D eigenvalue weighted by Gasteiger charge is 2.18. The summed E-state index contributed by atoms with van der Waals surface area (Å²) in [6, 6.07) is 20.0. The van der Waals surface area contributed by atoms with E-state index in [9.17, 15) is 8.42 Å². The summed E-state index contributed by atoms with van der Waals surface area (Å²) < 4.78 is 27.8. The Morgan fingerprint density at radius 1 is 0.853 bits per heavy atom. The number of hydrogen-bond donors (Lipinski definition) is 2. The molecule has 0 fully saturated rings. The molecule has 5 aromatic rings. The Balaban J connectivity index is 1.46. The molecule has 3 aromatic heterocycles. The van der Waals surface area contributed by atoms with E-state index in [4.69, 9.17) is 0 Å². The fourth-order valence-corrected chi connectivity index (χ4v) is 5.70. The molecule has 7 nitrogen and oxygen atoms in total. The molecule has 2 N–H and O–H groups in total. The summed E-state index contributed by atoms with van der Waals surface area (Å²) in [6.45, 7) is 4.15. The van der Waals surface area contributed by atoms with Gasteiger partial charge in [0.15, 0.2) is 0 Å². The first-order chi connectivity index (χ1) is 16.4. The molecule has 0 saturated carbocycles. The highest BCUT2D eigenvalue weighted by atomic mass is 32.2. The summed E-state index contributed by atoms with van der Waals surface area (Å²) >= 11 is 1.62. The van der Waals surface area contributed by atoms with Crippen LogP contribution in [0.5, 0.6) is 0 Å². The number of nitrogens with zero attached hydrogens (tertiary/aromatic N) is 3. The molecule has 0 amide bonds. The highest BCUT2D eigenvalue weighted by molar-refractivity contribution is 7.92. The van der Waals surface area contributed by atoms with Crippen molar-refractivity contribution in [2.75, 3.05) is 10.0 Å². The Hall–Kier alpha value is -3.82. The van der Waals surface area contributed by atoms with Gasteiger partial charge in [0.2, 0.25) is 0 Å². The quantitative estimate of drug-likeness (QED) is 0.309. The van der Waals surface area contributed by atoms with Gasteiger partial charge in [-0.1, -0.05) is 35.9 Å². The predicted molar refractivity (Wildman–Crippen MR) is 137 cm³/mol. The zero-order valence-electron chi connectivity index (χ0n) is 18.5. The summed E-state index contributed by atoms with van der Waals surface area (Å²) in [7, 11) is -3.74. The van der Waals surface area contributed by atoms with Gasteiger partial charge in [-0.05, 0) is 55.8 Å². The average Bonchev–Trinajstić information content (AvgIpc) is 3.17. The van der Waals surface area contributed by atoms with Gasteiger partial charge in [-0.2, -0.15) is 0 Å². The number of thiophene rings is 1. The van der Waals surface area contributed by atoms with Gasteiger partial charge in [0.1, 0.15) is 22.8 Å². The number of aromatic nitrogens is 3. The number of anilines is 3. The Kier molecular flexibility index (Phi) is 5.72. The van der Waals surface area contributed by atoms with E-state index in [1.807, 2.05) is 0 Å². The Morgan fingerprint density at radius 2 is 1.62 bits per heavy atom. The lowest BCUT2D eigenvalue weighted by Gasteiger charge is -2.11. The number of rotatable bonds is 6. The minimum absolute atomic E-state index is 0.142. The van der Waals surface area contributed by atoms with Crippen LogP contribution in [0.15, 0.2) is 84.1 Å². The van der Waals surface area contributed by atoms with Crippen molar-refractivity contribution in [3.63, 3.8) is 0 Å². The molecule has 0 saturated heterocycles. The van der Waals surface area contributed by atoms with Crippen LogP contribution in [0.4, 0.5) is 17.3 Å². The second-order valence-corrected chi connectivity index (χ2v) is 10.7. The van der Waals surface area contributed by atoms with Crippen LogP contribution in [-0.2, 0) is 10.0 Å². The SMILES string of the molecule is Cc1ccc(-c2c(C)sc3ncnc(Nc4ccc(S(=O)(=O)Nc5ccccn5)cc4)c23)cc1. The molecule has 0 aliphatic heterocycles. The van der Waals surface area contributed by atoms with Crippen molar-refractivity contribution in [1.82, 2.24) is 15.0 Å². The van der Waals surface area contributed by atoms with Gasteiger partial charge in [0.25, 0.3) is 10.0 Å². The number of pyridine rings is 1. The second kappa shape index (κ2) is 8.85. The van der Waals surface area contributed by atoms with E-state index in [1.165, 1.54) is 18.1 Å². The Bertz CT molecular complexity index is 1560. The molecule has 0 aliphatic carbocycles. The molecule has 2 aromatic carbocycles. The summed E-state index contributed by atoms with van der Waals surface area (Å²) in [5, 5.41) is 4.28. The number of hydrogen-bond acceptors (Lipinski definition) is 7. The maximum absolute atomic E-state index is 12.7. The zero-order valence-corrected chi connectivity index (χ0v) is 20.1. The van der Waals surface area contributed by atoms with Crippen LogP contribution in [-0.4, -0.2) is 23.4 Å². The van der Waals surface area contributed by atoms with E-state index in [1.54, 1.807) is 53.8 Å². The van der Waals surface area contributed by atoms with Gasteiger partial charge in [0.05, 0.1) is 10.3 Å². The maximum Gasteiger partial charge on any atom is 0.263 e. The third kappa shape index (κ3) is 4.35. The van der Waals surface area contributed by atoms with Crippen molar-refractivity contribution in [1.29, 1.82) is 0 Å². The van der Waals surface area contributed by atoms with Gasteiger partial charge in [0, 0.05) is 22.3 Å². The van der Waals surface area contributed by atoms with E-state index in [2.05, 4.69) is 63.1 Å². The molecule has 170 valence electrons. The molecule has 0 spiro atoms. The smallest absolute Gasteiger partial charge is 0.263 e. The minimum Gasteiger partial charge on any atom is -0.340 e. The molecular weight excluding hydrogens is 466 g/mol. The molecule has 0 atom stereocenters. The topological polar surface area (TPSA) is 96.9 Å². The predicted octanol–water partition coefficient (Wildman–Crippen LogP) is 5.91. The van der Waals surface area contributed by atoms with Gasteiger partial charge >= 0.3 is 0 Å². The van der Waals surface area contributed by atoms with Crippen LogP contribution < -0.4 is 10.0 Å². The van der Waals surface area contributed by atoms with Gasteiger partial charge in [-0.3, -0.25) is 4.72 Å². The highest BCUT2D eigenvalue weighted by Crippen LogP contribution is 2.41. The van der Waals surface area contributed by atoms with Crippen LogP contribution in [0.3, 0.4) is 0 Å². The molecule has 5 rings (SSSR count). The summed E-state index contributed by atoms with van der Waals surface area (Å²) in [4.78, 5) is 15.2. The van der Waals surface area contributed by atoms with E-state index < -0.39 is 10.0 Å².